The molecule has 0 aliphatic carbocycles. The number of aliphatic hydroxyl groups is 1. The molecule has 0 radical (unpaired) electrons. The molecule has 4 bridgehead atoms. The summed E-state index contributed by atoms with van der Waals surface area (Å²) in [6, 6.07) is 19.3. The van der Waals surface area contributed by atoms with E-state index in [1.807, 2.05) is 43.3 Å². The summed E-state index contributed by atoms with van der Waals surface area (Å²) >= 11 is 1.52. The van der Waals surface area contributed by atoms with Crippen molar-refractivity contribution in [3.63, 3.8) is 0 Å². The molecular weight excluding hydrogens is 582 g/mol. The Morgan fingerprint density at radius 2 is 1.91 bits per heavy atom. The average Bonchev–Trinajstić information content (AvgIpc) is 3.02. The molecule has 0 unspecified atom stereocenters. The molecule has 2 heterocycles. The van der Waals surface area contributed by atoms with E-state index in [1.54, 1.807) is 42.3 Å². The Morgan fingerprint density at radius 3 is 2.68 bits per heavy atom. The Labute approximate surface area is 261 Å². The van der Waals surface area contributed by atoms with Gasteiger partial charge in [0.25, 0.3) is 11.8 Å². The lowest BCUT2D eigenvalue weighted by atomic mass is 10.0. The second-order valence-corrected chi connectivity index (χ2v) is 11.9. The summed E-state index contributed by atoms with van der Waals surface area (Å²) in [6.45, 7) is 3.19. The average molecular weight is 620 g/mol. The first-order chi connectivity index (χ1) is 21.3. The summed E-state index contributed by atoms with van der Waals surface area (Å²) in [7, 11) is 1.57. The second-order valence-electron chi connectivity index (χ2n) is 10.7. The third-order valence-corrected chi connectivity index (χ3v) is 8.40. The number of fused-ring (bicyclic) bond motifs is 5. The van der Waals surface area contributed by atoms with E-state index in [9.17, 15) is 14.4 Å². The van der Waals surface area contributed by atoms with Crippen LogP contribution in [0, 0.1) is 0 Å². The van der Waals surface area contributed by atoms with Gasteiger partial charge in [-0.05, 0) is 67.4 Å². The molecule has 2 atom stereocenters. The van der Waals surface area contributed by atoms with E-state index >= 15 is 0 Å². The number of nitrogens with one attached hydrogen (secondary N) is 1. The first kappa shape index (κ1) is 31.4. The van der Waals surface area contributed by atoms with Crippen molar-refractivity contribution in [1.29, 1.82) is 0 Å². The number of benzene rings is 3. The fraction of sp³-hybridized carbons (Fsp3) is 0.364. The Kier molecular flexibility index (Phi) is 10.4. The predicted molar refractivity (Wildman–Crippen MR) is 166 cm³/mol. The van der Waals surface area contributed by atoms with Gasteiger partial charge in [0.05, 0.1) is 38.5 Å². The molecule has 3 aromatic rings. The lowest BCUT2D eigenvalue weighted by Crippen LogP contribution is -2.58. The molecule has 10 nitrogen and oxygen atoms in total. The van der Waals surface area contributed by atoms with Gasteiger partial charge < -0.3 is 34.4 Å². The van der Waals surface area contributed by atoms with E-state index in [1.165, 1.54) is 16.7 Å². The van der Waals surface area contributed by atoms with Crippen LogP contribution in [0.1, 0.15) is 39.6 Å². The van der Waals surface area contributed by atoms with Crippen LogP contribution >= 0.6 is 11.8 Å². The van der Waals surface area contributed by atoms with E-state index < -0.39 is 6.04 Å². The van der Waals surface area contributed by atoms with Gasteiger partial charge in [0.1, 0.15) is 17.2 Å². The first-order valence-electron chi connectivity index (χ1n) is 14.7. The minimum Gasteiger partial charge on any atom is -0.494 e. The number of hydrogen-bond acceptors (Lipinski definition) is 8. The number of hydrogen-bond donors (Lipinski definition) is 2. The Bertz CT molecular complexity index is 1480. The quantitative estimate of drug-likeness (QED) is 0.399. The number of piperidine rings is 1. The fourth-order valence-electron chi connectivity index (χ4n) is 5.30. The first-order valence-corrected chi connectivity index (χ1v) is 15.7. The summed E-state index contributed by atoms with van der Waals surface area (Å²) < 4.78 is 18.1. The standard InChI is InChI=1S/C33H37N3O7S/c1-3-41-26-16-24-17-27(18-26)43-25-6-4-5-22(15-25)21-42-30-11-12-36(19-29(30)34-31(38)20-35(2)32(24)39)33(40)23-7-9-28(10-8-23)44-14-13-37/h4-10,15-18,29-30,37H,3,11-14,19-21H2,1-2H3,(H,34,38)/t29-,30+/m0/s1. The number of nitrogens with zero attached hydrogens (tertiary/aromatic N) is 2. The Balaban J connectivity index is 1.37. The third kappa shape index (κ3) is 7.90. The molecule has 44 heavy (non-hydrogen) atoms. The summed E-state index contributed by atoms with van der Waals surface area (Å²) in [4.78, 5) is 44.1. The summed E-state index contributed by atoms with van der Waals surface area (Å²) in [5, 5.41) is 12.1. The monoisotopic (exact) mass is 619 g/mol. The summed E-state index contributed by atoms with van der Waals surface area (Å²) in [6.07, 6.45) is 0.178. The van der Waals surface area contributed by atoms with Gasteiger partial charge >= 0.3 is 0 Å². The van der Waals surface area contributed by atoms with Gasteiger partial charge in [-0.2, -0.15) is 0 Å². The van der Waals surface area contributed by atoms with Gasteiger partial charge in [-0.3, -0.25) is 14.4 Å². The summed E-state index contributed by atoms with van der Waals surface area (Å²) in [5.41, 5.74) is 1.77. The topological polar surface area (TPSA) is 118 Å². The van der Waals surface area contributed by atoms with E-state index in [2.05, 4.69) is 5.32 Å². The van der Waals surface area contributed by atoms with Crippen LogP contribution < -0.4 is 14.8 Å². The van der Waals surface area contributed by atoms with Crippen LogP contribution in [0.15, 0.2) is 71.6 Å². The van der Waals surface area contributed by atoms with Gasteiger partial charge in [0.15, 0.2) is 0 Å². The maximum absolute atomic E-state index is 13.4. The number of aliphatic hydroxyl groups excluding tert-OH is 1. The van der Waals surface area contributed by atoms with E-state index in [0.29, 0.717) is 53.7 Å². The Hall–Kier alpha value is -4.06. The molecule has 5 rings (SSSR count). The smallest absolute Gasteiger partial charge is 0.254 e. The number of carbonyl (C=O) groups excluding carboxylic acids is 3. The van der Waals surface area contributed by atoms with Crippen molar-refractivity contribution >= 4 is 29.5 Å². The molecule has 2 aliphatic rings. The Morgan fingerprint density at radius 1 is 1.09 bits per heavy atom. The van der Waals surface area contributed by atoms with E-state index in [-0.39, 0.29) is 50.1 Å². The molecule has 0 spiro atoms. The molecule has 1 saturated heterocycles. The number of ether oxygens (including phenoxy) is 3. The van der Waals surface area contributed by atoms with Gasteiger partial charge in [-0.25, -0.2) is 0 Å². The molecule has 1 fully saturated rings. The van der Waals surface area contributed by atoms with Crippen molar-refractivity contribution in [1.82, 2.24) is 15.1 Å². The minimum atomic E-state index is -0.483. The highest BCUT2D eigenvalue weighted by Gasteiger charge is 2.34. The normalized spacial score (nSPS) is 19.1. The van der Waals surface area contributed by atoms with Crippen molar-refractivity contribution < 1.29 is 33.7 Å². The van der Waals surface area contributed by atoms with Gasteiger partial charge in [0, 0.05) is 48.0 Å². The number of amides is 3. The maximum atomic E-state index is 13.4. The number of likely N-dealkylation sites (tertiary alicyclic amines) is 1. The molecule has 0 saturated carbocycles. The predicted octanol–water partition coefficient (Wildman–Crippen LogP) is 3.96. The van der Waals surface area contributed by atoms with Crippen molar-refractivity contribution in [2.75, 3.05) is 45.6 Å². The fourth-order valence-corrected chi connectivity index (χ4v) is 5.95. The van der Waals surface area contributed by atoms with Crippen molar-refractivity contribution in [3.05, 3.63) is 83.4 Å². The van der Waals surface area contributed by atoms with Crippen molar-refractivity contribution in [3.8, 4) is 17.2 Å². The van der Waals surface area contributed by atoms with Crippen molar-refractivity contribution in [2.24, 2.45) is 0 Å². The van der Waals surface area contributed by atoms with Crippen LogP contribution in [0.2, 0.25) is 0 Å². The molecule has 11 heteroatoms. The number of rotatable bonds is 6. The van der Waals surface area contributed by atoms with Crippen molar-refractivity contribution in [2.45, 2.75) is 37.0 Å². The van der Waals surface area contributed by atoms with E-state index in [0.717, 1.165) is 10.5 Å². The van der Waals surface area contributed by atoms with Crippen LogP contribution in [0.5, 0.6) is 17.2 Å². The lowest BCUT2D eigenvalue weighted by Gasteiger charge is -2.39. The third-order valence-electron chi connectivity index (χ3n) is 7.41. The van der Waals surface area contributed by atoms with Gasteiger partial charge in [-0.15, -0.1) is 11.8 Å². The van der Waals surface area contributed by atoms with Crippen LogP contribution in [-0.2, 0) is 16.1 Å². The number of likely N-dealkylation sites (N-methyl/N-ethyl adjacent to an activating group) is 1. The molecule has 2 aliphatic heterocycles. The highest BCUT2D eigenvalue weighted by Crippen LogP contribution is 2.29. The zero-order chi connectivity index (χ0) is 31.1. The molecule has 2 N–H and O–H groups in total. The molecule has 232 valence electrons. The molecule has 0 aromatic heterocycles. The molecule has 3 aromatic carbocycles. The SMILES string of the molecule is CCOc1cc2cc(c1)C(=O)N(C)CC(=O)N[C@H]1CN(C(=O)c3ccc(SCCO)cc3)CC[C@H]1OCc1cccc(c1)O2. The minimum absolute atomic E-state index is 0.0840. The molecular formula is C33H37N3O7S. The second kappa shape index (κ2) is 14.6. The van der Waals surface area contributed by atoms with E-state index in [4.69, 9.17) is 19.3 Å². The summed E-state index contributed by atoms with van der Waals surface area (Å²) in [5.74, 6) is 1.25. The highest BCUT2D eigenvalue weighted by molar-refractivity contribution is 7.99. The largest absolute Gasteiger partial charge is 0.494 e. The highest BCUT2D eigenvalue weighted by atomic mass is 32.2. The zero-order valence-corrected chi connectivity index (χ0v) is 25.7. The van der Waals surface area contributed by atoms with Gasteiger partial charge in [0.2, 0.25) is 5.91 Å². The zero-order valence-electron chi connectivity index (χ0n) is 24.9. The van der Waals surface area contributed by atoms with Crippen LogP contribution in [0.4, 0.5) is 0 Å². The number of carbonyl (C=O) groups is 3. The van der Waals surface area contributed by atoms with Gasteiger partial charge in [-0.1, -0.05) is 12.1 Å². The van der Waals surface area contributed by atoms with Crippen LogP contribution in [0.3, 0.4) is 0 Å². The van der Waals surface area contributed by atoms with Crippen LogP contribution in [0.25, 0.3) is 0 Å². The lowest BCUT2D eigenvalue weighted by molar-refractivity contribution is -0.124. The number of thioether (sulfide) groups is 1. The molecule has 3 amide bonds. The van der Waals surface area contributed by atoms with Crippen LogP contribution in [-0.4, -0.2) is 90.4 Å². The maximum Gasteiger partial charge on any atom is 0.254 e.